The van der Waals surface area contributed by atoms with Crippen LogP contribution >= 0.6 is 0 Å². The Balaban J connectivity index is 1.11. The minimum absolute atomic E-state index is 0.523. The van der Waals surface area contributed by atoms with Gasteiger partial charge in [0.1, 0.15) is 6.07 Å². The van der Waals surface area contributed by atoms with Gasteiger partial charge in [0, 0.05) is 53.3 Å². The molecule has 2 fully saturated rings. The summed E-state index contributed by atoms with van der Waals surface area (Å²) in [5.41, 5.74) is 7.89. The first-order valence-electron chi connectivity index (χ1n) is 14.6. The maximum Gasteiger partial charge on any atom is 0.103 e. The summed E-state index contributed by atoms with van der Waals surface area (Å²) in [4.78, 5) is 12.9. The second-order valence-electron chi connectivity index (χ2n) is 11.2. The number of anilines is 2. The summed E-state index contributed by atoms with van der Waals surface area (Å²) in [6, 6.07) is 18.1. The number of aryl methyl sites for hydroxylation is 1. The number of rotatable bonds is 7. The Kier molecular flexibility index (Phi) is 7.94. The quantitative estimate of drug-likeness (QED) is 0.266. The Morgan fingerprint density at radius 1 is 0.975 bits per heavy atom. The number of aromatic nitrogens is 2. The van der Waals surface area contributed by atoms with Crippen molar-refractivity contribution in [2.45, 2.75) is 51.6 Å². The third kappa shape index (κ3) is 5.82. The van der Waals surface area contributed by atoms with E-state index in [2.05, 4.69) is 86.6 Å². The second-order valence-corrected chi connectivity index (χ2v) is 11.2. The first-order chi connectivity index (χ1) is 19.7. The van der Waals surface area contributed by atoms with Gasteiger partial charge in [0.25, 0.3) is 0 Å². The largest absolute Gasteiger partial charge is 0.361 e. The van der Waals surface area contributed by atoms with Crippen molar-refractivity contribution in [1.82, 2.24) is 19.8 Å². The average Bonchev–Trinajstić information content (AvgIpc) is 3.49. The highest BCUT2D eigenvalue weighted by Crippen LogP contribution is 2.31. The predicted molar refractivity (Wildman–Crippen MR) is 164 cm³/mol. The van der Waals surface area contributed by atoms with Crippen LogP contribution < -0.4 is 5.32 Å². The molecule has 2 saturated heterocycles. The van der Waals surface area contributed by atoms with E-state index in [1.54, 1.807) is 6.20 Å². The molecule has 204 valence electrons. The fraction of sp³-hybridized carbons (Fsp3) is 0.353. The van der Waals surface area contributed by atoms with Gasteiger partial charge in [-0.2, -0.15) is 5.26 Å². The normalized spacial score (nSPS) is 17.4. The lowest BCUT2D eigenvalue weighted by molar-refractivity contribution is 0.0896. The first-order valence-corrected chi connectivity index (χ1v) is 14.6. The molecule has 6 nitrogen and oxygen atoms in total. The molecule has 0 saturated carbocycles. The molecule has 6 heteroatoms. The Labute approximate surface area is 237 Å². The number of likely N-dealkylation sites (tertiary alicyclic amines) is 2. The van der Waals surface area contributed by atoms with Crippen LogP contribution in [-0.4, -0.2) is 52.0 Å². The van der Waals surface area contributed by atoms with Crippen LogP contribution in [0.25, 0.3) is 23.1 Å². The molecule has 0 amide bonds. The zero-order chi connectivity index (χ0) is 27.3. The highest BCUT2D eigenvalue weighted by atomic mass is 15.2. The number of H-pyrrole nitrogens is 1. The van der Waals surface area contributed by atoms with Crippen LogP contribution in [0.1, 0.15) is 59.9 Å². The lowest BCUT2D eigenvalue weighted by Crippen LogP contribution is -2.46. The summed E-state index contributed by atoms with van der Waals surface area (Å²) < 4.78 is 0. The fourth-order valence-electron chi connectivity index (χ4n) is 6.29. The van der Waals surface area contributed by atoms with Crippen molar-refractivity contribution in [2.75, 3.05) is 31.5 Å². The number of hydrogen-bond donors (Lipinski definition) is 2. The number of piperidine rings is 2. The van der Waals surface area contributed by atoms with Crippen LogP contribution in [0.5, 0.6) is 0 Å². The van der Waals surface area contributed by atoms with Crippen LogP contribution in [-0.2, 0) is 6.54 Å². The summed E-state index contributed by atoms with van der Waals surface area (Å²) >= 11 is 0. The molecule has 2 aromatic carbocycles. The van der Waals surface area contributed by atoms with Gasteiger partial charge in [-0.05, 0) is 93.7 Å². The highest BCUT2D eigenvalue weighted by molar-refractivity contribution is 5.90. The van der Waals surface area contributed by atoms with Gasteiger partial charge in [-0.3, -0.25) is 9.88 Å². The fourth-order valence-corrected chi connectivity index (χ4v) is 6.29. The van der Waals surface area contributed by atoms with E-state index in [-0.39, 0.29) is 0 Å². The minimum atomic E-state index is 0.523. The molecule has 2 aliphatic heterocycles. The Morgan fingerprint density at radius 3 is 2.55 bits per heavy atom. The van der Waals surface area contributed by atoms with Gasteiger partial charge < -0.3 is 15.2 Å². The predicted octanol–water partition coefficient (Wildman–Crippen LogP) is 7.11. The molecule has 0 radical (unpaired) electrons. The van der Waals surface area contributed by atoms with E-state index in [0.29, 0.717) is 5.56 Å². The van der Waals surface area contributed by atoms with Crippen LogP contribution in [0.15, 0.2) is 61.1 Å². The monoisotopic (exact) mass is 530 g/mol. The lowest BCUT2D eigenvalue weighted by atomic mass is 9.99. The van der Waals surface area contributed by atoms with E-state index in [1.165, 1.54) is 69.2 Å². The van der Waals surface area contributed by atoms with Gasteiger partial charge >= 0.3 is 0 Å². The Hall–Kier alpha value is -3.92. The number of nitrogens with zero attached hydrogens (tertiary/aromatic N) is 4. The number of hydrogen-bond acceptors (Lipinski definition) is 5. The van der Waals surface area contributed by atoms with Crippen molar-refractivity contribution >= 4 is 34.4 Å². The summed E-state index contributed by atoms with van der Waals surface area (Å²) in [6.07, 6.45) is 16.3. The van der Waals surface area contributed by atoms with Crippen molar-refractivity contribution in [3.05, 3.63) is 88.9 Å². The van der Waals surface area contributed by atoms with Gasteiger partial charge in [-0.15, -0.1) is 0 Å². The van der Waals surface area contributed by atoms with Crippen LogP contribution in [0.2, 0.25) is 0 Å². The SMILES string of the molecule is Cc1c(Nc2c(C#N)cncc2/C=C/c2ccc(CN3CCC(N4CCCCC4)CC3)cc2)ccc2[nH]ccc12. The molecule has 2 aliphatic rings. The van der Waals surface area contributed by atoms with Crippen molar-refractivity contribution in [3.63, 3.8) is 0 Å². The number of nitrogens with one attached hydrogen (secondary N) is 2. The molecular formula is C34H38N6. The molecule has 40 heavy (non-hydrogen) atoms. The number of pyridine rings is 1. The highest BCUT2D eigenvalue weighted by Gasteiger charge is 2.25. The van der Waals surface area contributed by atoms with E-state index in [1.807, 2.05) is 18.5 Å². The van der Waals surface area contributed by atoms with Gasteiger partial charge in [0.2, 0.25) is 0 Å². The molecule has 0 aliphatic carbocycles. The molecule has 6 rings (SSSR count). The Morgan fingerprint density at radius 2 is 1.77 bits per heavy atom. The van der Waals surface area contributed by atoms with Crippen LogP contribution in [0.4, 0.5) is 11.4 Å². The van der Waals surface area contributed by atoms with Gasteiger partial charge in [-0.1, -0.05) is 42.8 Å². The minimum Gasteiger partial charge on any atom is -0.361 e. The summed E-state index contributed by atoms with van der Waals surface area (Å²) in [7, 11) is 0. The number of benzene rings is 2. The number of nitriles is 1. The number of aromatic amines is 1. The molecule has 2 aromatic heterocycles. The maximum absolute atomic E-state index is 9.79. The van der Waals surface area contributed by atoms with Crippen molar-refractivity contribution < 1.29 is 0 Å². The van der Waals surface area contributed by atoms with Crippen molar-refractivity contribution in [1.29, 1.82) is 5.26 Å². The second kappa shape index (κ2) is 12.1. The first kappa shape index (κ1) is 26.3. The standard InChI is InChI=1S/C34H38N6/c1-25-31-13-16-37-33(31)12-11-32(25)38-34-28(22-36-23-29(34)21-35)10-9-26-5-7-27(8-6-26)24-39-19-14-30(15-20-39)40-17-3-2-4-18-40/h5-13,16,22-23,30,37H,2-4,14-15,17-20,24H2,1H3,(H,36,38)/b10-9+. The van der Waals surface area contributed by atoms with E-state index in [0.717, 1.165) is 46.2 Å². The summed E-state index contributed by atoms with van der Waals surface area (Å²) in [5.74, 6) is 0. The third-order valence-electron chi connectivity index (χ3n) is 8.66. The molecule has 4 heterocycles. The van der Waals surface area contributed by atoms with Crippen LogP contribution in [0, 0.1) is 18.3 Å². The average molecular weight is 531 g/mol. The third-order valence-corrected chi connectivity index (χ3v) is 8.66. The van der Waals surface area contributed by atoms with Crippen molar-refractivity contribution in [2.24, 2.45) is 0 Å². The Bertz CT molecular complexity index is 1510. The van der Waals surface area contributed by atoms with Gasteiger partial charge in [-0.25, -0.2) is 0 Å². The lowest BCUT2D eigenvalue weighted by Gasteiger charge is -2.40. The zero-order valence-corrected chi connectivity index (χ0v) is 23.4. The summed E-state index contributed by atoms with van der Waals surface area (Å²) in [6.45, 7) is 8.10. The van der Waals surface area contributed by atoms with Crippen LogP contribution in [0.3, 0.4) is 0 Å². The number of fused-ring (bicyclic) bond motifs is 1. The molecule has 4 aromatic rings. The molecule has 0 bridgehead atoms. The molecular weight excluding hydrogens is 492 g/mol. The molecule has 2 N–H and O–H groups in total. The maximum atomic E-state index is 9.79. The van der Waals surface area contributed by atoms with E-state index < -0.39 is 0 Å². The summed E-state index contributed by atoms with van der Waals surface area (Å²) in [5, 5.41) is 14.5. The molecule has 0 unspecified atom stereocenters. The topological polar surface area (TPSA) is 71.0 Å². The van der Waals surface area contributed by atoms with E-state index in [9.17, 15) is 5.26 Å². The molecule has 0 spiro atoms. The van der Waals surface area contributed by atoms with E-state index >= 15 is 0 Å². The van der Waals surface area contributed by atoms with E-state index in [4.69, 9.17) is 0 Å². The smallest absolute Gasteiger partial charge is 0.103 e. The molecule has 0 atom stereocenters. The zero-order valence-electron chi connectivity index (χ0n) is 23.4. The van der Waals surface area contributed by atoms with Gasteiger partial charge in [0.05, 0.1) is 11.3 Å². The van der Waals surface area contributed by atoms with Crippen molar-refractivity contribution in [3.8, 4) is 6.07 Å². The van der Waals surface area contributed by atoms with Gasteiger partial charge in [0.15, 0.2) is 0 Å².